The predicted octanol–water partition coefficient (Wildman–Crippen LogP) is 0.883. The summed E-state index contributed by atoms with van der Waals surface area (Å²) in [7, 11) is 6.85. The van der Waals surface area contributed by atoms with Crippen LogP contribution in [-0.2, 0) is 0 Å². The molecule has 0 aliphatic carbocycles. The van der Waals surface area contributed by atoms with Crippen molar-refractivity contribution in [3.63, 3.8) is 0 Å². The lowest BCUT2D eigenvalue weighted by atomic mass is 10.3. The molecule has 0 fully saturated rings. The number of hydrogen-bond acceptors (Lipinski definition) is 4. The molecule has 8 nitrogen and oxygen atoms in total. The van der Waals surface area contributed by atoms with Crippen molar-refractivity contribution in [3.05, 3.63) is 24.3 Å². The predicted molar refractivity (Wildman–Crippen MR) is 78.1 cm³/mol. The van der Waals surface area contributed by atoms with Crippen molar-refractivity contribution < 1.29 is 9.59 Å². The van der Waals surface area contributed by atoms with E-state index in [1.54, 1.807) is 52.5 Å². The normalized spacial score (nSPS) is 10.3. The molecule has 0 aromatic heterocycles. The fourth-order valence-electron chi connectivity index (χ4n) is 1.40. The minimum Gasteiger partial charge on any atom is -0.307 e. The lowest BCUT2D eigenvalue weighted by Gasteiger charge is -2.14. The topological polar surface area (TPSA) is 88.7 Å². The number of hydrogen-bond donors (Lipinski definition) is 4. The quantitative estimate of drug-likeness (QED) is 0.617. The second kappa shape index (κ2) is 7.31. The second-order valence-electron chi connectivity index (χ2n) is 4.50. The van der Waals surface area contributed by atoms with Crippen molar-refractivity contribution in [2.75, 3.05) is 38.8 Å². The summed E-state index contributed by atoms with van der Waals surface area (Å²) >= 11 is 0. The third-order valence-corrected chi connectivity index (χ3v) is 2.03. The molecule has 0 atom stereocenters. The summed E-state index contributed by atoms with van der Waals surface area (Å²) in [5.74, 6) is 0. The van der Waals surface area contributed by atoms with Crippen LogP contribution in [0.5, 0.6) is 0 Å². The molecule has 1 rings (SSSR count). The minimum absolute atomic E-state index is 0.357. The van der Waals surface area contributed by atoms with Crippen molar-refractivity contribution in [2.24, 2.45) is 0 Å². The Kier molecular flexibility index (Phi) is 5.75. The Morgan fingerprint density at radius 1 is 0.850 bits per heavy atom. The van der Waals surface area contributed by atoms with Crippen LogP contribution in [0.3, 0.4) is 0 Å². The monoisotopic (exact) mass is 280 g/mol. The molecule has 0 bridgehead atoms. The second-order valence-corrected chi connectivity index (χ2v) is 4.50. The highest BCUT2D eigenvalue weighted by molar-refractivity contribution is 5.92. The molecule has 0 heterocycles. The summed E-state index contributed by atoms with van der Waals surface area (Å²) < 4.78 is 0. The van der Waals surface area contributed by atoms with E-state index in [0.717, 1.165) is 0 Å². The zero-order chi connectivity index (χ0) is 15.1. The number of benzene rings is 1. The molecule has 0 unspecified atom stereocenters. The minimum atomic E-state index is -0.357. The molecule has 1 aromatic carbocycles. The molecule has 1 aromatic rings. The fraction of sp³-hybridized carbons (Fsp3) is 0.333. The van der Waals surface area contributed by atoms with Gasteiger partial charge in [-0.15, -0.1) is 0 Å². The number of rotatable bonds is 4. The Morgan fingerprint density at radius 3 is 1.60 bits per heavy atom. The summed E-state index contributed by atoms with van der Waals surface area (Å²) in [5.41, 5.74) is 6.26. The van der Waals surface area contributed by atoms with E-state index in [1.807, 2.05) is 0 Å². The highest BCUT2D eigenvalue weighted by atomic mass is 16.2. The Balaban J connectivity index is 2.61. The number of nitrogens with one attached hydrogen (secondary N) is 4. The molecule has 4 N–H and O–H groups in total. The maximum absolute atomic E-state index is 11.5. The van der Waals surface area contributed by atoms with E-state index in [4.69, 9.17) is 0 Å². The van der Waals surface area contributed by atoms with Crippen molar-refractivity contribution >= 4 is 23.4 Å². The van der Waals surface area contributed by atoms with Crippen LogP contribution in [0.2, 0.25) is 0 Å². The van der Waals surface area contributed by atoms with Crippen LogP contribution in [0.1, 0.15) is 0 Å². The molecule has 0 aliphatic heterocycles. The van der Waals surface area contributed by atoms with Crippen LogP contribution < -0.4 is 21.5 Å². The van der Waals surface area contributed by atoms with Gasteiger partial charge in [-0.1, -0.05) is 6.07 Å². The van der Waals surface area contributed by atoms with E-state index in [1.165, 1.54) is 10.0 Å². The number of amides is 4. The van der Waals surface area contributed by atoms with Gasteiger partial charge in [-0.05, 0) is 18.2 Å². The molecular formula is C12H20N6O2. The van der Waals surface area contributed by atoms with Gasteiger partial charge < -0.3 is 10.6 Å². The average molecular weight is 280 g/mol. The van der Waals surface area contributed by atoms with Crippen LogP contribution in [0, 0.1) is 0 Å². The van der Waals surface area contributed by atoms with E-state index in [0.29, 0.717) is 11.4 Å². The molecule has 0 radical (unpaired) electrons. The molecule has 8 heteroatoms. The molecule has 4 amide bonds. The maximum Gasteiger partial charge on any atom is 0.333 e. The summed E-state index contributed by atoms with van der Waals surface area (Å²) in [6.45, 7) is 0. The molecule has 0 saturated heterocycles. The summed E-state index contributed by atoms with van der Waals surface area (Å²) in [4.78, 5) is 23.1. The Labute approximate surface area is 118 Å². The molecule has 0 aliphatic rings. The van der Waals surface area contributed by atoms with Crippen LogP contribution in [0.15, 0.2) is 24.3 Å². The largest absolute Gasteiger partial charge is 0.333 e. The number of hydrazine groups is 2. The first-order valence-electron chi connectivity index (χ1n) is 5.97. The van der Waals surface area contributed by atoms with Gasteiger partial charge in [-0.25, -0.2) is 19.6 Å². The number of urea groups is 2. The van der Waals surface area contributed by atoms with Crippen LogP contribution >= 0.6 is 0 Å². The third kappa shape index (κ3) is 6.03. The number of carbonyl (C=O) groups is 2. The lowest BCUT2D eigenvalue weighted by molar-refractivity contribution is 0.224. The Morgan fingerprint density at radius 2 is 1.25 bits per heavy atom. The zero-order valence-corrected chi connectivity index (χ0v) is 12.0. The first-order chi connectivity index (χ1) is 9.36. The van der Waals surface area contributed by atoms with Crippen molar-refractivity contribution in [1.29, 1.82) is 0 Å². The van der Waals surface area contributed by atoms with Gasteiger partial charge in [0.2, 0.25) is 0 Å². The molecule has 110 valence electrons. The van der Waals surface area contributed by atoms with Gasteiger partial charge in [0.05, 0.1) is 0 Å². The van der Waals surface area contributed by atoms with E-state index in [-0.39, 0.29) is 12.1 Å². The smallest absolute Gasteiger partial charge is 0.307 e. The van der Waals surface area contributed by atoms with Gasteiger partial charge in [-0.2, -0.15) is 0 Å². The van der Waals surface area contributed by atoms with E-state index >= 15 is 0 Å². The van der Waals surface area contributed by atoms with Gasteiger partial charge >= 0.3 is 12.1 Å². The van der Waals surface area contributed by atoms with E-state index in [9.17, 15) is 9.59 Å². The highest BCUT2D eigenvalue weighted by Crippen LogP contribution is 2.14. The Hall–Kier alpha value is -2.32. The van der Waals surface area contributed by atoms with Crippen molar-refractivity contribution in [2.45, 2.75) is 0 Å². The molecule has 0 spiro atoms. The van der Waals surface area contributed by atoms with Gasteiger partial charge in [-0.3, -0.25) is 10.9 Å². The van der Waals surface area contributed by atoms with Crippen LogP contribution in [-0.4, -0.2) is 50.3 Å². The van der Waals surface area contributed by atoms with Gasteiger partial charge in [0.15, 0.2) is 0 Å². The number of anilines is 2. The first-order valence-corrected chi connectivity index (χ1v) is 5.97. The molecular weight excluding hydrogens is 260 g/mol. The number of carbonyl (C=O) groups excluding carboxylic acids is 2. The summed E-state index contributed by atoms with van der Waals surface area (Å²) in [6.07, 6.45) is 0. The van der Waals surface area contributed by atoms with Crippen molar-refractivity contribution in [1.82, 2.24) is 20.9 Å². The fourth-order valence-corrected chi connectivity index (χ4v) is 1.40. The lowest BCUT2D eigenvalue weighted by Crippen LogP contribution is -2.39. The number of nitrogens with zero attached hydrogens (tertiary/aromatic N) is 2. The third-order valence-electron chi connectivity index (χ3n) is 2.03. The summed E-state index contributed by atoms with van der Waals surface area (Å²) in [6, 6.07) is 6.13. The van der Waals surface area contributed by atoms with Crippen molar-refractivity contribution in [3.8, 4) is 0 Å². The van der Waals surface area contributed by atoms with Crippen LogP contribution in [0.4, 0.5) is 21.0 Å². The zero-order valence-electron chi connectivity index (χ0n) is 12.0. The van der Waals surface area contributed by atoms with Gasteiger partial charge in [0.1, 0.15) is 0 Å². The average Bonchev–Trinajstić information content (AvgIpc) is 2.26. The molecule has 20 heavy (non-hydrogen) atoms. The standard InChI is InChI=1S/C12H20N6O2/c1-17(2)15-11(19)13-9-6-5-7-10(8-9)14-12(20)16-18(3)4/h5-8H,1-4H3,(H2,13,15,19)(H2,14,16,20). The first kappa shape index (κ1) is 15.7. The highest BCUT2D eigenvalue weighted by Gasteiger charge is 2.05. The van der Waals surface area contributed by atoms with E-state index < -0.39 is 0 Å². The SMILES string of the molecule is CN(C)NC(=O)Nc1cccc(NC(=O)NN(C)C)c1. The van der Waals surface area contributed by atoms with Gasteiger partial charge in [0.25, 0.3) is 0 Å². The van der Waals surface area contributed by atoms with Gasteiger partial charge in [0, 0.05) is 39.6 Å². The van der Waals surface area contributed by atoms with Crippen LogP contribution in [0.25, 0.3) is 0 Å². The summed E-state index contributed by atoms with van der Waals surface area (Å²) in [5, 5.41) is 8.37. The maximum atomic E-state index is 11.5. The molecule has 0 saturated carbocycles. The Bertz CT molecular complexity index is 436. The van der Waals surface area contributed by atoms with E-state index in [2.05, 4.69) is 21.5 Å².